The molecule has 2 amide bonds. The topological polar surface area (TPSA) is 84.2 Å². The van der Waals surface area contributed by atoms with E-state index in [0.717, 1.165) is 5.56 Å². The van der Waals surface area contributed by atoms with E-state index < -0.39 is 6.04 Å². The van der Waals surface area contributed by atoms with Gasteiger partial charge in [-0.1, -0.05) is 44.2 Å². The summed E-state index contributed by atoms with van der Waals surface area (Å²) in [5.74, 6) is 0.138. The van der Waals surface area contributed by atoms with Crippen molar-refractivity contribution in [1.29, 1.82) is 0 Å². The highest BCUT2D eigenvalue weighted by molar-refractivity contribution is 5.82. The Hall–Kier alpha value is -1.88. The quantitative estimate of drug-likeness (QED) is 0.663. The van der Waals surface area contributed by atoms with Gasteiger partial charge in [0.1, 0.15) is 0 Å². The largest absolute Gasteiger partial charge is 0.356 e. The van der Waals surface area contributed by atoms with Crippen molar-refractivity contribution < 1.29 is 9.59 Å². The molecule has 0 radical (unpaired) electrons. The zero-order valence-electron chi connectivity index (χ0n) is 12.8. The van der Waals surface area contributed by atoms with E-state index in [2.05, 4.69) is 10.6 Å². The molecule has 0 bridgehead atoms. The third-order valence-corrected chi connectivity index (χ3v) is 2.99. The van der Waals surface area contributed by atoms with E-state index in [-0.39, 0.29) is 18.2 Å². The number of nitrogens with two attached hydrogens (primary N) is 1. The molecule has 0 aliphatic heterocycles. The van der Waals surface area contributed by atoms with Crippen LogP contribution in [0.5, 0.6) is 0 Å². The van der Waals surface area contributed by atoms with Gasteiger partial charge in [0.15, 0.2) is 0 Å². The van der Waals surface area contributed by atoms with Crippen LogP contribution in [0.3, 0.4) is 0 Å². The lowest BCUT2D eigenvalue weighted by Crippen LogP contribution is -2.43. The van der Waals surface area contributed by atoms with Crippen LogP contribution in [0.15, 0.2) is 30.3 Å². The zero-order chi connectivity index (χ0) is 15.7. The number of carbonyl (C=O) groups is 2. The van der Waals surface area contributed by atoms with Crippen molar-refractivity contribution in [3.63, 3.8) is 0 Å². The standard InChI is InChI=1S/C16H25N3O2/c1-12(2)11-19-15(20)8-9-18-16(21)14(17)10-13-6-4-3-5-7-13/h3-7,12,14H,8-11,17H2,1-2H3,(H,18,21)(H,19,20)/t14-/m1/s1. The van der Waals surface area contributed by atoms with Gasteiger partial charge < -0.3 is 16.4 Å². The second-order valence-corrected chi connectivity index (χ2v) is 5.54. The van der Waals surface area contributed by atoms with Crippen molar-refractivity contribution in [3.05, 3.63) is 35.9 Å². The zero-order valence-corrected chi connectivity index (χ0v) is 12.8. The van der Waals surface area contributed by atoms with Crippen LogP contribution < -0.4 is 16.4 Å². The number of benzene rings is 1. The van der Waals surface area contributed by atoms with Crippen molar-refractivity contribution >= 4 is 11.8 Å². The smallest absolute Gasteiger partial charge is 0.237 e. The summed E-state index contributed by atoms with van der Waals surface area (Å²) >= 11 is 0. The first-order chi connectivity index (χ1) is 9.99. The molecule has 1 rings (SSSR count). The Morgan fingerprint density at radius 1 is 1.14 bits per heavy atom. The Morgan fingerprint density at radius 2 is 1.81 bits per heavy atom. The van der Waals surface area contributed by atoms with Gasteiger partial charge in [0.05, 0.1) is 6.04 Å². The monoisotopic (exact) mass is 291 g/mol. The van der Waals surface area contributed by atoms with Gasteiger partial charge in [0.2, 0.25) is 11.8 Å². The Kier molecular flexibility index (Phi) is 7.46. The van der Waals surface area contributed by atoms with Crippen molar-refractivity contribution in [2.24, 2.45) is 11.7 Å². The fourth-order valence-electron chi connectivity index (χ4n) is 1.80. The summed E-state index contributed by atoms with van der Waals surface area (Å²) in [6.07, 6.45) is 0.767. The lowest BCUT2D eigenvalue weighted by atomic mass is 10.1. The number of amides is 2. The molecule has 0 spiro atoms. The molecule has 1 aromatic rings. The minimum absolute atomic E-state index is 0.0550. The summed E-state index contributed by atoms with van der Waals surface area (Å²) in [6.45, 7) is 5.03. The van der Waals surface area contributed by atoms with Crippen LogP contribution in [0, 0.1) is 5.92 Å². The van der Waals surface area contributed by atoms with Gasteiger partial charge in [-0.15, -0.1) is 0 Å². The minimum Gasteiger partial charge on any atom is -0.356 e. The van der Waals surface area contributed by atoms with Gasteiger partial charge in [-0.2, -0.15) is 0 Å². The summed E-state index contributed by atoms with van der Waals surface area (Å²) in [4.78, 5) is 23.3. The minimum atomic E-state index is -0.592. The van der Waals surface area contributed by atoms with Crippen LogP contribution in [-0.2, 0) is 16.0 Å². The molecule has 0 saturated carbocycles. The molecule has 5 nitrogen and oxygen atoms in total. The summed E-state index contributed by atoms with van der Waals surface area (Å²) in [6, 6.07) is 9.04. The fourth-order valence-corrected chi connectivity index (χ4v) is 1.80. The number of rotatable bonds is 8. The molecule has 5 heteroatoms. The molecule has 0 fully saturated rings. The number of hydrogen-bond donors (Lipinski definition) is 3. The molecular weight excluding hydrogens is 266 g/mol. The molecule has 0 aromatic heterocycles. The van der Waals surface area contributed by atoms with Crippen LogP contribution in [-0.4, -0.2) is 30.9 Å². The number of carbonyl (C=O) groups excluding carboxylic acids is 2. The lowest BCUT2D eigenvalue weighted by Gasteiger charge is -2.12. The van der Waals surface area contributed by atoms with E-state index in [9.17, 15) is 9.59 Å². The molecule has 1 aromatic carbocycles. The Bertz CT molecular complexity index is 446. The first-order valence-electron chi connectivity index (χ1n) is 7.33. The van der Waals surface area contributed by atoms with Gasteiger partial charge in [-0.3, -0.25) is 9.59 Å². The molecule has 4 N–H and O–H groups in total. The molecule has 0 saturated heterocycles. The Labute approximate surface area is 126 Å². The predicted octanol–water partition coefficient (Wildman–Crippen LogP) is 0.835. The molecule has 0 aliphatic carbocycles. The first kappa shape index (κ1) is 17.2. The molecule has 1 atom stereocenters. The van der Waals surface area contributed by atoms with Crippen LogP contribution in [0.4, 0.5) is 0 Å². The highest BCUT2D eigenvalue weighted by atomic mass is 16.2. The summed E-state index contributed by atoms with van der Waals surface area (Å²) in [5.41, 5.74) is 6.87. The second-order valence-electron chi connectivity index (χ2n) is 5.54. The molecule has 0 heterocycles. The first-order valence-corrected chi connectivity index (χ1v) is 7.33. The molecular formula is C16H25N3O2. The van der Waals surface area contributed by atoms with E-state index in [1.807, 2.05) is 44.2 Å². The maximum absolute atomic E-state index is 11.8. The van der Waals surface area contributed by atoms with E-state index in [1.54, 1.807) is 0 Å². The van der Waals surface area contributed by atoms with Crippen LogP contribution >= 0.6 is 0 Å². The Morgan fingerprint density at radius 3 is 2.43 bits per heavy atom. The van der Waals surface area contributed by atoms with Crippen LogP contribution in [0.25, 0.3) is 0 Å². The second kappa shape index (κ2) is 9.13. The fraction of sp³-hybridized carbons (Fsp3) is 0.500. The van der Waals surface area contributed by atoms with Gasteiger partial charge in [0.25, 0.3) is 0 Å². The highest BCUT2D eigenvalue weighted by Gasteiger charge is 2.13. The summed E-state index contributed by atoms with van der Waals surface area (Å²) in [7, 11) is 0. The van der Waals surface area contributed by atoms with E-state index >= 15 is 0 Å². The SMILES string of the molecule is CC(C)CNC(=O)CCNC(=O)[C@H](N)Cc1ccccc1. The van der Waals surface area contributed by atoms with E-state index in [1.165, 1.54) is 0 Å². The third-order valence-electron chi connectivity index (χ3n) is 2.99. The summed E-state index contributed by atoms with van der Waals surface area (Å²) in [5, 5.41) is 5.50. The van der Waals surface area contributed by atoms with Crippen molar-refractivity contribution in [1.82, 2.24) is 10.6 Å². The molecule has 116 valence electrons. The highest BCUT2D eigenvalue weighted by Crippen LogP contribution is 2.01. The van der Waals surface area contributed by atoms with Crippen molar-refractivity contribution in [2.75, 3.05) is 13.1 Å². The van der Waals surface area contributed by atoms with E-state index in [4.69, 9.17) is 5.73 Å². The molecule has 21 heavy (non-hydrogen) atoms. The molecule has 0 aliphatic rings. The third kappa shape index (κ3) is 7.46. The lowest BCUT2D eigenvalue weighted by molar-refractivity contribution is -0.123. The average Bonchev–Trinajstić information content (AvgIpc) is 2.46. The van der Waals surface area contributed by atoms with Crippen molar-refractivity contribution in [2.45, 2.75) is 32.7 Å². The number of hydrogen-bond acceptors (Lipinski definition) is 3. The maximum atomic E-state index is 11.8. The average molecular weight is 291 g/mol. The van der Waals surface area contributed by atoms with Crippen LogP contribution in [0.1, 0.15) is 25.8 Å². The summed E-state index contributed by atoms with van der Waals surface area (Å²) < 4.78 is 0. The van der Waals surface area contributed by atoms with Crippen LogP contribution in [0.2, 0.25) is 0 Å². The van der Waals surface area contributed by atoms with Gasteiger partial charge in [-0.05, 0) is 17.9 Å². The number of nitrogens with one attached hydrogen (secondary N) is 2. The predicted molar refractivity (Wildman–Crippen MR) is 83.6 cm³/mol. The maximum Gasteiger partial charge on any atom is 0.237 e. The molecule has 0 unspecified atom stereocenters. The normalized spacial score (nSPS) is 12.0. The van der Waals surface area contributed by atoms with Gasteiger partial charge in [0, 0.05) is 19.5 Å². The Balaban J connectivity index is 2.22. The van der Waals surface area contributed by atoms with E-state index in [0.29, 0.717) is 25.4 Å². The van der Waals surface area contributed by atoms with Crippen molar-refractivity contribution in [3.8, 4) is 0 Å². The van der Waals surface area contributed by atoms with Gasteiger partial charge >= 0.3 is 0 Å². The van der Waals surface area contributed by atoms with Gasteiger partial charge in [-0.25, -0.2) is 0 Å².